The molecule has 0 aliphatic carbocycles. The van der Waals surface area contributed by atoms with E-state index in [9.17, 15) is 28.8 Å². The minimum atomic E-state index is -1.03. The number of piperidine rings is 1. The van der Waals surface area contributed by atoms with Crippen LogP contribution < -0.4 is 4.90 Å². The zero-order valence-electron chi connectivity index (χ0n) is 19.2. The lowest BCUT2D eigenvalue weighted by atomic mass is 9.90. The van der Waals surface area contributed by atoms with Crippen LogP contribution in [0, 0.1) is 21.7 Å². The van der Waals surface area contributed by atoms with Gasteiger partial charge in [-0.1, -0.05) is 30.3 Å². The molecule has 2 aliphatic heterocycles. The Kier molecular flexibility index (Phi) is 7.46. The fraction of sp³-hybridized carbons (Fsp3) is 0.458. The quantitative estimate of drug-likeness (QED) is 0.491. The molecule has 2 aromatic rings. The maximum Gasteiger partial charge on any atom is 0.410 e. The minimum absolute atomic E-state index is 0.214. The third kappa shape index (κ3) is 6.04. The van der Waals surface area contributed by atoms with Gasteiger partial charge in [0.25, 0.3) is 5.69 Å². The molecule has 0 spiro atoms. The number of hydrogen-bond donors (Lipinski definition) is 1. The SMILES string of the molecule is O=C(OCc1ccccc1)N1CCN(CC2(O)CCN(c3c(F)cc([N+](=O)[O-])cc3F)CC2)CC1. The van der Waals surface area contributed by atoms with Crippen molar-refractivity contribution < 1.29 is 28.3 Å². The fourth-order valence-electron chi connectivity index (χ4n) is 4.58. The molecule has 11 heteroatoms. The van der Waals surface area contributed by atoms with Gasteiger partial charge in [-0.15, -0.1) is 0 Å². The van der Waals surface area contributed by atoms with Crippen LogP contribution in [0.5, 0.6) is 0 Å². The number of piperazine rings is 1. The average Bonchev–Trinajstić information content (AvgIpc) is 2.84. The van der Waals surface area contributed by atoms with Crippen LogP contribution in [0.3, 0.4) is 0 Å². The lowest BCUT2D eigenvalue weighted by Crippen LogP contribution is -2.56. The summed E-state index contributed by atoms with van der Waals surface area (Å²) in [7, 11) is 0. The summed E-state index contributed by atoms with van der Waals surface area (Å²) in [6, 6.07) is 10.9. The molecule has 0 atom stereocenters. The number of β-amino-alcohol motifs (C(OH)–C–C–N with tert-alkyl or cyclic N) is 1. The van der Waals surface area contributed by atoms with Gasteiger partial charge in [0.15, 0.2) is 11.6 Å². The van der Waals surface area contributed by atoms with E-state index >= 15 is 0 Å². The monoisotopic (exact) mass is 490 g/mol. The molecule has 2 aliphatic rings. The van der Waals surface area contributed by atoms with Crippen molar-refractivity contribution in [3.8, 4) is 0 Å². The summed E-state index contributed by atoms with van der Waals surface area (Å²) in [5, 5.41) is 21.9. The van der Waals surface area contributed by atoms with E-state index in [1.54, 1.807) is 4.90 Å². The summed E-state index contributed by atoms with van der Waals surface area (Å²) >= 11 is 0. The highest BCUT2D eigenvalue weighted by Crippen LogP contribution is 2.33. The van der Waals surface area contributed by atoms with Gasteiger partial charge in [0.2, 0.25) is 0 Å². The van der Waals surface area contributed by atoms with Crippen molar-refractivity contribution in [2.75, 3.05) is 50.7 Å². The number of nitro groups is 1. The van der Waals surface area contributed by atoms with Gasteiger partial charge in [0.1, 0.15) is 12.3 Å². The summed E-state index contributed by atoms with van der Waals surface area (Å²) in [4.78, 5) is 27.5. The molecule has 9 nitrogen and oxygen atoms in total. The smallest absolute Gasteiger partial charge is 0.410 e. The molecule has 1 amide bonds. The highest BCUT2D eigenvalue weighted by Gasteiger charge is 2.37. The molecule has 2 heterocycles. The number of halogens is 2. The number of carbonyl (C=O) groups is 1. The second-order valence-corrected chi connectivity index (χ2v) is 9.03. The molecular formula is C24H28F2N4O5. The highest BCUT2D eigenvalue weighted by atomic mass is 19.1. The molecule has 0 bridgehead atoms. The largest absolute Gasteiger partial charge is 0.445 e. The first-order valence-electron chi connectivity index (χ1n) is 11.5. The molecular weight excluding hydrogens is 462 g/mol. The van der Waals surface area contributed by atoms with Gasteiger partial charge >= 0.3 is 6.09 Å². The number of anilines is 1. The van der Waals surface area contributed by atoms with E-state index < -0.39 is 27.8 Å². The van der Waals surface area contributed by atoms with Gasteiger partial charge in [0, 0.05) is 45.8 Å². The van der Waals surface area contributed by atoms with Crippen molar-refractivity contribution in [1.82, 2.24) is 9.80 Å². The molecule has 2 saturated heterocycles. The second-order valence-electron chi connectivity index (χ2n) is 9.03. The van der Waals surface area contributed by atoms with E-state index in [-0.39, 0.29) is 31.5 Å². The Hall–Kier alpha value is -3.31. The first-order valence-corrected chi connectivity index (χ1v) is 11.5. The second kappa shape index (κ2) is 10.5. The molecule has 2 fully saturated rings. The predicted octanol–water partition coefficient (Wildman–Crippen LogP) is 3.16. The lowest BCUT2D eigenvalue weighted by Gasteiger charge is -2.43. The number of aliphatic hydroxyl groups is 1. The molecule has 0 unspecified atom stereocenters. The molecule has 0 saturated carbocycles. The minimum Gasteiger partial charge on any atom is -0.445 e. The Bertz CT molecular complexity index is 1030. The number of nitrogens with zero attached hydrogens (tertiary/aromatic N) is 4. The number of carbonyl (C=O) groups excluding carboxylic acids is 1. The van der Waals surface area contributed by atoms with Crippen LogP contribution in [0.4, 0.5) is 25.0 Å². The van der Waals surface area contributed by atoms with E-state index in [4.69, 9.17) is 4.74 Å². The zero-order chi connectivity index (χ0) is 25.0. The first kappa shape index (κ1) is 24.8. The fourth-order valence-corrected chi connectivity index (χ4v) is 4.58. The number of benzene rings is 2. The third-order valence-corrected chi connectivity index (χ3v) is 6.58. The van der Waals surface area contributed by atoms with E-state index in [1.807, 2.05) is 30.3 Å². The average molecular weight is 491 g/mol. The first-order chi connectivity index (χ1) is 16.7. The third-order valence-electron chi connectivity index (χ3n) is 6.58. The molecule has 1 N–H and O–H groups in total. The van der Waals surface area contributed by atoms with Crippen LogP contribution in [-0.4, -0.2) is 77.3 Å². The van der Waals surface area contributed by atoms with E-state index in [0.29, 0.717) is 57.7 Å². The normalized spacial score (nSPS) is 18.4. The molecule has 4 rings (SSSR count). The van der Waals surface area contributed by atoms with E-state index in [0.717, 1.165) is 5.56 Å². The van der Waals surface area contributed by atoms with Gasteiger partial charge in [-0.2, -0.15) is 0 Å². The molecule has 188 valence electrons. The summed E-state index contributed by atoms with van der Waals surface area (Å²) in [6.07, 6.45) is 0.220. The highest BCUT2D eigenvalue weighted by molar-refractivity contribution is 5.67. The van der Waals surface area contributed by atoms with Crippen molar-refractivity contribution >= 4 is 17.5 Å². The number of ether oxygens (including phenoxy) is 1. The number of amides is 1. The maximum atomic E-state index is 14.4. The summed E-state index contributed by atoms with van der Waals surface area (Å²) in [5.41, 5.74) is -1.05. The lowest BCUT2D eigenvalue weighted by molar-refractivity contribution is -0.385. The molecule has 0 aromatic heterocycles. The summed E-state index contributed by atoms with van der Waals surface area (Å²) in [6.45, 7) is 3.16. The molecule has 0 radical (unpaired) electrons. The number of hydrogen-bond acceptors (Lipinski definition) is 7. The van der Waals surface area contributed by atoms with Crippen LogP contribution in [0.15, 0.2) is 42.5 Å². The number of nitro benzene ring substituents is 1. The van der Waals surface area contributed by atoms with E-state index in [1.165, 1.54) is 4.90 Å². The van der Waals surface area contributed by atoms with Crippen molar-refractivity contribution in [1.29, 1.82) is 0 Å². The summed E-state index contributed by atoms with van der Waals surface area (Å²) < 4.78 is 34.1. The predicted molar refractivity (Wildman–Crippen MR) is 124 cm³/mol. The summed E-state index contributed by atoms with van der Waals surface area (Å²) in [5.74, 6) is -1.98. The zero-order valence-corrected chi connectivity index (χ0v) is 19.2. The maximum absolute atomic E-state index is 14.4. The van der Waals surface area contributed by atoms with Crippen LogP contribution >= 0.6 is 0 Å². The Balaban J connectivity index is 1.25. The van der Waals surface area contributed by atoms with Crippen molar-refractivity contribution in [2.24, 2.45) is 0 Å². The Morgan fingerprint density at radius 3 is 2.20 bits per heavy atom. The standard InChI is InChI=1S/C24H28F2N4O5/c25-20-14-19(30(33)34)15-21(26)22(20)28-8-6-24(32,7-9-28)17-27-10-12-29(13-11-27)23(31)35-16-18-4-2-1-3-5-18/h1-5,14-15,32H,6-13,16-17H2. The van der Waals surface area contributed by atoms with Crippen molar-refractivity contribution in [3.63, 3.8) is 0 Å². The van der Waals surface area contributed by atoms with Gasteiger partial charge < -0.3 is 19.6 Å². The van der Waals surface area contributed by atoms with Crippen LogP contribution in [0.1, 0.15) is 18.4 Å². The van der Waals surface area contributed by atoms with Crippen LogP contribution in [-0.2, 0) is 11.3 Å². The number of non-ortho nitro benzene ring substituents is 1. The van der Waals surface area contributed by atoms with Gasteiger partial charge in [-0.05, 0) is 18.4 Å². The Morgan fingerprint density at radius 1 is 1.03 bits per heavy atom. The molecule has 35 heavy (non-hydrogen) atoms. The Labute approximate surface area is 201 Å². The topological polar surface area (TPSA) is 99.4 Å². The van der Waals surface area contributed by atoms with Crippen LogP contribution in [0.2, 0.25) is 0 Å². The molecule has 2 aromatic carbocycles. The van der Waals surface area contributed by atoms with E-state index in [2.05, 4.69) is 4.90 Å². The van der Waals surface area contributed by atoms with Crippen LogP contribution in [0.25, 0.3) is 0 Å². The van der Waals surface area contributed by atoms with Gasteiger partial charge in [-0.25, -0.2) is 13.6 Å². The Morgan fingerprint density at radius 2 is 1.63 bits per heavy atom. The van der Waals surface area contributed by atoms with Gasteiger partial charge in [0.05, 0.1) is 22.7 Å². The van der Waals surface area contributed by atoms with Crippen molar-refractivity contribution in [3.05, 3.63) is 69.8 Å². The van der Waals surface area contributed by atoms with Crippen molar-refractivity contribution in [2.45, 2.75) is 25.0 Å². The number of rotatable bonds is 6. The van der Waals surface area contributed by atoms with Gasteiger partial charge in [-0.3, -0.25) is 15.0 Å².